The van der Waals surface area contributed by atoms with Crippen molar-refractivity contribution in [3.05, 3.63) is 43.5 Å². The van der Waals surface area contributed by atoms with E-state index in [4.69, 9.17) is 5.53 Å². The minimum absolute atomic E-state index is 0.160. The van der Waals surface area contributed by atoms with Crippen LogP contribution in [0.15, 0.2) is 27.0 Å². The minimum atomic E-state index is -0.513. The number of aromatic nitrogens is 3. The summed E-state index contributed by atoms with van der Waals surface area (Å²) in [6.45, 7) is 4.34. The zero-order valence-corrected chi connectivity index (χ0v) is 11.4. The zero-order chi connectivity index (χ0) is 14.9. The first-order chi connectivity index (χ1) is 9.47. The highest BCUT2D eigenvalue weighted by atomic mass is 16.2. The zero-order valence-electron chi connectivity index (χ0n) is 11.4. The van der Waals surface area contributed by atoms with Gasteiger partial charge in [-0.2, -0.15) is 0 Å². The van der Waals surface area contributed by atoms with Crippen molar-refractivity contribution in [1.29, 1.82) is 0 Å². The lowest BCUT2D eigenvalue weighted by Crippen LogP contribution is -2.39. The first-order valence-electron chi connectivity index (χ1n) is 6.11. The second-order valence-electron chi connectivity index (χ2n) is 4.87. The fraction of sp³-hybridized carbons (Fsp3) is 0.417. The van der Waals surface area contributed by atoms with Crippen molar-refractivity contribution >= 4 is 16.7 Å². The largest absolute Gasteiger partial charge is 0.332 e. The van der Waals surface area contributed by atoms with E-state index in [2.05, 4.69) is 15.0 Å². The van der Waals surface area contributed by atoms with Gasteiger partial charge in [0.1, 0.15) is 5.65 Å². The molecule has 0 amide bonds. The van der Waals surface area contributed by atoms with Gasteiger partial charge in [0.15, 0.2) is 0 Å². The quantitative estimate of drug-likeness (QED) is 0.483. The van der Waals surface area contributed by atoms with Gasteiger partial charge in [0.25, 0.3) is 5.56 Å². The summed E-state index contributed by atoms with van der Waals surface area (Å²) in [7, 11) is 1.40. The van der Waals surface area contributed by atoms with E-state index in [-0.39, 0.29) is 22.6 Å². The van der Waals surface area contributed by atoms with Crippen molar-refractivity contribution in [2.75, 3.05) is 0 Å². The fourth-order valence-corrected chi connectivity index (χ4v) is 2.04. The molecular formula is C12H14N6O2. The van der Waals surface area contributed by atoms with E-state index in [9.17, 15) is 9.59 Å². The van der Waals surface area contributed by atoms with E-state index in [1.807, 2.05) is 13.8 Å². The van der Waals surface area contributed by atoms with Gasteiger partial charge in [-0.05, 0) is 17.5 Å². The Morgan fingerprint density at radius 3 is 2.75 bits per heavy atom. The van der Waals surface area contributed by atoms with Gasteiger partial charge in [-0.25, -0.2) is 9.78 Å². The first-order valence-corrected chi connectivity index (χ1v) is 6.11. The molecular weight excluding hydrogens is 260 g/mol. The molecule has 0 spiro atoms. The van der Waals surface area contributed by atoms with Crippen LogP contribution in [0.25, 0.3) is 21.5 Å². The highest BCUT2D eigenvalue weighted by Gasteiger charge is 2.15. The van der Waals surface area contributed by atoms with Crippen LogP contribution in [0.5, 0.6) is 0 Å². The summed E-state index contributed by atoms with van der Waals surface area (Å²) in [4.78, 5) is 31.2. The number of rotatable bonds is 3. The molecule has 0 aliphatic carbocycles. The summed E-state index contributed by atoms with van der Waals surface area (Å²) in [5, 5.41) is 3.66. The maximum absolute atomic E-state index is 12.2. The van der Waals surface area contributed by atoms with Gasteiger partial charge in [-0.3, -0.25) is 13.9 Å². The maximum atomic E-state index is 12.2. The van der Waals surface area contributed by atoms with Crippen molar-refractivity contribution in [1.82, 2.24) is 14.1 Å². The van der Waals surface area contributed by atoms with Crippen LogP contribution < -0.4 is 11.2 Å². The average molecular weight is 274 g/mol. The summed E-state index contributed by atoms with van der Waals surface area (Å²) >= 11 is 0. The Morgan fingerprint density at radius 2 is 2.15 bits per heavy atom. The standard InChI is InChI=1S/C12H14N6O2/c1-7(2)6-18-10-9(11(19)17(3)12(18)20)8(15-16-13)4-5-14-10/h4-5,7H,6H2,1-3H3. The highest BCUT2D eigenvalue weighted by molar-refractivity contribution is 5.86. The summed E-state index contributed by atoms with van der Waals surface area (Å²) in [5.74, 6) is 0.207. The average Bonchev–Trinajstić information content (AvgIpc) is 2.41. The van der Waals surface area contributed by atoms with E-state index in [0.717, 1.165) is 4.57 Å². The predicted molar refractivity (Wildman–Crippen MR) is 74.9 cm³/mol. The number of hydrogen-bond donors (Lipinski definition) is 0. The second-order valence-corrected chi connectivity index (χ2v) is 4.87. The van der Waals surface area contributed by atoms with Crippen molar-refractivity contribution in [2.45, 2.75) is 20.4 Å². The normalized spacial score (nSPS) is 10.8. The van der Waals surface area contributed by atoms with E-state index >= 15 is 0 Å². The molecule has 2 aromatic rings. The Morgan fingerprint density at radius 1 is 1.45 bits per heavy atom. The van der Waals surface area contributed by atoms with Crippen molar-refractivity contribution in [2.24, 2.45) is 18.1 Å². The Balaban J connectivity index is 3.01. The molecule has 8 heteroatoms. The smallest absolute Gasteiger partial charge is 0.277 e. The third-order valence-corrected chi connectivity index (χ3v) is 2.90. The molecule has 0 fully saturated rings. The first kappa shape index (κ1) is 13.8. The monoisotopic (exact) mass is 274 g/mol. The van der Waals surface area contributed by atoms with Crippen molar-refractivity contribution in [3.8, 4) is 0 Å². The van der Waals surface area contributed by atoms with Crippen molar-refractivity contribution < 1.29 is 0 Å². The molecule has 0 saturated carbocycles. The second kappa shape index (κ2) is 5.18. The molecule has 0 aliphatic rings. The van der Waals surface area contributed by atoms with Gasteiger partial charge >= 0.3 is 5.69 Å². The minimum Gasteiger partial charge on any atom is -0.277 e. The van der Waals surface area contributed by atoms with Crippen molar-refractivity contribution in [3.63, 3.8) is 0 Å². The van der Waals surface area contributed by atoms with Crippen LogP contribution in [0.1, 0.15) is 13.8 Å². The van der Waals surface area contributed by atoms with Crippen LogP contribution in [-0.4, -0.2) is 14.1 Å². The molecule has 0 radical (unpaired) electrons. The van der Waals surface area contributed by atoms with Gasteiger partial charge < -0.3 is 0 Å². The molecule has 2 aromatic heterocycles. The Kier molecular flexibility index (Phi) is 3.58. The molecule has 0 atom stereocenters. The van der Waals surface area contributed by atoms with E-state index in [1.54, 1.807) is 0 Å². The molecule has 0 aliphatic heterocycles. The van der Waals surface area contributed by atoms with Gasteiger partial charge in [-0.1, -0.05) is 19.0 Å². The number of nitrogens with zero attached hydrogens (tertiary/aromatic N) is 6. The number of hydrogen-bond acceptors (Lipinski definition) is 4. The van der Waals surface area contributed by atoms with E-state index < -0.39 is 11.2 Å². The lowest BCUT2D eigenvalue weighted by molar-refractivity contribution is 0.500. The molecule has 0 bridgehead atoms. The lowest BCUT2D eigenvalue weighted by Gasteiger charge is -2.13. The maximum Gasteiger partial charge on any atom is 0.332 e. The molecule has 2 heterocycles. The Hall–Kier alpha value is -2.60. The molecule has 0 unspecified atom stereocenters. The lowest BCUT2D eigenvalue weighted by atomic mass is 10.2. The molecule has 2 rings (SSSR count). The number of azide groups is 1. The Bertz CT molecular complexity index is 826. The molecule has 20 heavy (non-hydrogen) atoms. The van der Waals surface area contributed by atoms with Gasteiger partial charge in [0.05, 0.1) is 11.1 Å². The van der Waals surface area contributed by atoms with Gasteiger partial charge in [0.2, 0.25) is 0 Å². The summed E-state index contributed by atoms with van der Waals surface area (Å²) in [5.41, 5.74) is 8.05. The molecule has 8 nitrogen and oxygen atoms in total. The summed E-state index contributed by atoms with van der Waals surface area (Å²) in [6.07, 6.45) is 1.42. The predicted octanol–water partition coefficient (Wildman–Crippen LogP) is 1.69. The van der Waals surface area contributed by atoms with Crippen LogP contribution in [0, 0.1) is 5.92 Å². The fourth-order valence-electron chi connectivity index (χ4n) is 2.04. The Labute approximate surface area is 113 Å². The van der Waals surface area contributed by atoms with E-state index in [1.165, 1.54) is 23.9 Å². The summed E-state index contributed by atoms with van der Waals surface area (Å²) in [6, 6.07) is 1.45. The van der Waals surface area contributed by atoms with Crippen LogP contribution in [-0.2, 0) is 13.6 Å². The van der Waals surface area contributed by atoms with Crippen LogP contribution in [0.2, 0.25) is 0 Å². The third-order valence-electron chi connectivity index (χ3n) is 2.90. The number of pyridine rings is 1. The molecule has 0 aromatic carbocycles. The summed E-state index contributed by atoms with van der Waals surface area (Å²) < 4.78 is 2.43. The van der Waals surface area contributed by atoms with Gasteiger partial charge in [-0.15, -0.1) is 0 Å². The third kappa shape index (κ3) is 2.17. The SMILES string of the molecule is CC(C)Cn1c(=O)n(C)c(=O)c2c(N=[N+]=[N-])ccnc21. The van der Waals surface area contributed by atoms with Gasteiger partial charge in [0, 0.05) is 24.7 Å². The number of fused-ring (bicyclic) bond motifs is 1. The van der Waals surface area contributed by atoms with Crippen LogP contribution in [0.3, 0.4) is 0 Å². The highest BCUT2D eigenvalue weighted by Crippen LogP contribution is 2.20. The van der Waals surface area contributed by atoms with E-state index in [0.29, 0.717) is 6.54 Å². The van der Waals surface area contributed by atoms with Crippen LogP contribution >= 0.6 is 0 Å². The molecule has 0 saturated heterocycles. The van der Waals surface area contributed by atoms with Crippen LogP contribution in [0.4, 0.5) is 5.69 Å². The molecule has 104 valence electrons. The molecule has 0 N–H and O–H groups in total. The topological polar surface area (TPSA) is 106 Å².